The summed E-state index contributed by atoms with van der Waals surface area (Å²) in [4.78, 5) is 28.1. The van der Waals surface area contributed by atoms with E-state index in [1.54, 1.807) is 4.90 Å². The molecule has 2 aliphatic rings. The van der Waals surface area contributed by atoms with Crippen LogP contribution in [0.3, 0.4) is 0 Å². The van der Waals surface area contributed by atoms with Crippen molar-refractivity contribution < 1.29 is 18.0 Å². The van der Waals surface area contributed by atoms with Gasteiger partial charge in [-0.3, -0.25) is 14.5 Å². The van der Waals surface area contributed by atoms with Crippen molar-refractivity contribution in [2.45, 2.75) is 31.6 Å². The lowest BCUT2D eigenvalue weighted by molar-refractivity contribution is -0.133. The molecule has 2 fully saturated rings. The maximum Gasteiger partial charge on any atom is 0.243 e. The summed E-state index contributed by atoms with van der Waals surface area (Å²) in [5.41, 5.74) is 0.487. The Morgan fingerprint density at radius 2 is 1.54 bits per heavy atom. The SMILES string of the molecule is CC(=O)c1ccc(S(=O)(=O)N2CCN(C(=O)CN3CCC(C)CC3)CC2)cc1. The van der Waals surface area contributed by atoms with Crippen molar-refractivity contribution in [3.8, 4) is 0 Å². The van der Waals surface area contributed by atoms with E-state index in [0.717, 1.165) is 31.8 Å². The molecule has 0 aromatic heterocycles. The topological polar surface area (TPSA) is 78.0 Å². The molecule has 154 valence electrons. The number of carbonyl (C=O) groups is 2. The molecule has 2 heterocycles. The lowest BCUT2D eigenvalue weighted by Gasteiger charge is -2.36. The van der Waals surface area contributed by atoms with Crippen LogP contribution >= 0.6 is 0 Å². The molecule has 0 spiro atoms. The van der Waals surface area contributed by atoms with Gasteiger partial charge in [0.2, 0.25) is 15.9 Å². The second kappa shape index (κ2) is 8.71. The summed E-state index contributed by atoms with van der Waals surface area (Å²) < 4.78 is 27.1. The van der Waals surface area contributed by atoms with E-state index in [4.69, 9.17) is 0 Å². The quantitative estimate of drug-likeness (QED) is 0.691. The van der Waals surface area contributed by atoms with Crippen molar-refractivity contribution in [2.75, 3.05) is 45.8 Å². The first kappa shape index (κ1) is 21.0. The molecule has 0 unspecified atom stereocenters. The van der Waals surface area contributed by atoms with E-state index in [2.05, 4.69) is 11.8 Å². The minimum absolute atomic E-state index is 0.0809. The zero-order valence-corrected chi connectivity index (χ0v) is 17.5. The van der Waals surface area contributed by atoms with Crippen LogP contribution in [0.1, 0.15) is 37.0 Å². The van der Waals surface area contributed by atoms with E-state index in [1.165, 1.54) is 35.5 Å². The van der Waals surface area contributed by atoms with E-state index in [1.807, 2.05) is 0 Å². The third kappa shape index (κ3) is 4.79. The zero-order chi connectivity index (χ0) is 20.3. The van der Waals surface area contributed by atoms with Crippen LogP contribution in [-0.2, 0) is 14.8 Å². The number of ketones is 1. The Morgan fingerprint density at radius 3 is 2.07 bits per heavy atom. The van der Waals surface area contributed by atoms with Gasteiger partial charge in [0.25, 0.3) is 0 Å². The fourth-order valence-electron chi connectivity index (χ4n) is 3.70. The number of piperazine rings is 1. The molecule has 28 heavy (non-hydrogen) atoms. The van der Waals surface area contributed by atoms with Gasteiger partial charge < -0.3 is 4.90 Å². The summed E-state index contributed by atoms with van der Waals surface area (Å²) in [6, 6.07) is 6.02. The molecule has 2 saturated heterocycles. The summed E-state index contributed by atoms with van der Waals surface area (Å²) >= 11 is 0. The van der Waals surface area contributed by atoms with E-state index < -0.39 is 10.0 Å². The van der Waals surface area contributed by atoms with Crippen molar-refractivity contribution in [2.24, 2.45) is 5.92 Å². The first-order chi connectivity index (χ1) is 13.3. The molecule has 8 heteroatoms. The number of nitrogens with zero attached hydrogens (tertiary/aromatic N) is 3. The first-order valence-corrected chi connectivity index (χ1v) is 11.3. The van der Waals surface area contributed by atoms with Gasteiger partial charge in [0, 0.05) is 31.7 Å². The molecule has 0 saturated carbocycles. The number of benzene rings is 1. The molecule has 2 aliphatic heterocycles. The Kier molecular flexibility index (Phi) is 6.52. The highest BCUT2D eigenvalue weighted by Crippen LogP contribution is 2.19. The van der Waals surface area contributed by atoms with Crippen LogP contribution in [0.4, 0.5) is 0 Å². The molecule has 0 N–H and O–H groups in total. The van der Waals surface area contributed by atoms with Crippen molar-refractivity contribution in [1.29, 1.82) is 0 Å². The van der Waals surface area contributed by atoms with Crippen LogP contribution in [0, 0.1) is 5.92 Å². The van der Waals surface area contributed by atoms with Crippen LogP contribution in [-0.4, -0.2) is 80.0 Å². The van der Waals surface area contributed by atoms with Crippen molar-refractivity contribution >= 4 is 21.7 Å². The smallest absolute Gasteiger partial charge is 0.243 e. The molecular formula is C20H29N3O4S. The molecule has 1 aromatic rings. The van der Waals surface area contributed by atoms with Crippen molar-refractivity contribution in [1.82, 2.24) is 14.1 Å². The summed E-state index contributed by atoms with van der Waals surface area (Å²) in [5.74, 6) is 0.710. The molecule has 7 nitrogen and oxygen atoms in total. The second-order valence-electron chi connectivity index (χ2n) is 7.82. The van der Waals surface area contributed by atoms with Crippen LogP contribution in [0.2, 0.25) is 0 Å². The minimum Gasteiger partial charge on any atom is -0.339 e. The predicted octanol–water partition coefficient (Wildman–Crippen LogP) is 1.45. The fourth-order valence-corrected chi connectivity index (χ4v) is 5.12. The molecule has 1 aromatic carbocycles. The lowest BCUT2D eigenvalue weighted by Crippen LogP contribution is -2.53. The maximum atomic E-state index is 12.8. The minimum atomic E-state index is -3.61. The summed E-state index contributed by atoms with van der Waals surface area (Å²) in [7, 11) is -3.61. The number of carbonyl (C=O) groups excluding carboxylic acids is 2. The number of piperidine rings is 1. The van der Waals surface area contributed by atoms with E-state index in [-0.39, 0.29) is 16.6 Å². The summed E-state index contributed by atoms with van der Waals surface area (Å²) in [6.45, 7) is 7.43. The Balaban J connectivity index is 1.55. The molecular weight excluding hydrogens is 378 g/mol. The first-order valence-electron chi connectivity index (χ1n) is 9.88. The lowest BCUT2D eigenvalue weighted by atomic mass is 9.99. The molecule has 0 aliphatic carbocycles. The number of hydrogen-bond acceptors (Lipinski definition) is 5. The van der Waals surface area contributed by atoms with Crippen LogP contribution in [0.15, 0.2) is 29.2 Å². The zero-order valence-electron chi connectivity index (χ0n) is 16.6. The number of rotatable bonds is 5. The van der Waals surface area contributed by atoms with Gasteiger partial charge >= 0.3 is 0 Å². The number of Topliss-reactive ketones (excluding diaryl/α,β-unsaturated/α-hetero) is 1. The van der Waals surface area contributed by atoms with Crippen molar-refractivity contribution in [3.63, 3.8) is 0 Å². The highest BCUT2D eigenvalue weighted by atomic mass is 32.2. The predicted molar refractivity (Wildman–Crippen MR) is 107 cm³/mol. The van der Waals surface area contributed by atoms with Gasteiger partial charge in [0.05, 0.1) is 11.4 Å². The average Bonchev–Trinajstić information content (AvgIpc) is 2.70. The Hall–Kier alpha value is -1.77. The number of likely N-dealkylation sites (tertiary alicyclic amines) is 1. The average molecular weight is 408 g/mol. The fraction of sp³-hybridized carbons (Fsp3) is 0.600. The molecule has 1 amide bonds. The Morgan fingerprint density at radius 1 is 0.964 bits per heavy atom. The highest BCUT2D eigenvalue weighted by Gasteiger charge is 2.31. The van der Waals surface area contributed by atoms with Gasteiger partial charge in [-0.2, -0.15) is 4.31 Å². The molecule has 0 bridgehead atoms. The van der Waals surface area contributed by atoms with Gasteiger partial charge in [0.15, 0.2) is 5.78 Å². The van der Waals surface area contributed by atoms with E-state index in [0.29, 0.717) is 38.3 Å². The molecule has 0 atom stereocenters. The normalized spacial score (nSPS) is 20.3. The summed E-state index contributed by atoms with van der Waals surface area (Å²) in [6.07, 6.45) is 2.25. The third-order valence-electron chi connectivity index (χ3n) is 5.73. The number of amides is 1. The van der Waals surface area contributed by atoms with Crippen LogP contribution in [0.5, 0.6) is 0 Å². The van der Waals surface area contributed by atoms with Crippen LogP contribution < -0.4 is 0 Å². The second-order valence-corrected chi connectivity index (χ2v) is 9.76. The van der Waals surface area contributed by atoms with E-state index >= 15 is 0 Å². The number of sulfonamides is 1. The standard InChI is InChI=1S/C20H29N3O4S/c1-16-7-9-21(10-8-16)15-20(25)22-11-13-23(14-12-22)28(26,27)19-5-3-18(4-6-19)17(2)24/h3-6,16H,7-15H2,1-2H3. The Labute approximate surface area is 167 Å². The van der Waals surface area contributed by atoms with E-state index in [9.17, 15) is 18.0 Å². The van der Waals surface area contributed by atoms with Gasteiger partial charge in [-0.15, -0.1) is 0 Å². The van der Waals surface area contributed by atoms with Gasteiger partial charge in [-0.25, -0.2) is 8.42 Å². The molecule has 3 rings (SSSR count). The maximum absolute atomic E-state index is 12.8. The third-order valence-corrected chi connectivity index (χ3v) is 7.64. The van der Waals surface area contributed by atoms with Gasteiger partial charge in [-0.05, 0) is 50.9 Å². The highest BCUT2D eigenvalue weighted by molar-refractivity contribution is 7.89. The Bertz CT molecular complexity index is 806. The van der Waals surface area contributed by atoms with Gasteiger partial charge in [-0.1, -0.05) is 19.1 Å². The molecule has 0 radical (unpaired) electrons. The largest absolute Gasteiger partial charge is 0.339 e. The monoisotopic (exact) mass is 407 g/mol. The van der Waals surface area contributed by atoms with Crippen molar-refractivity contribution in [3.05, 3.63) is 29.8 Å². The summed E-state index contributed by atoms with van der Waals surface area (Å²) in [5, 5.41) is 0. The number of hydrogen-bond donors (Lipinski definition) is 0. The van der Waals surface area contributed by atoms with Gasteiger partial charge in [0.1, 0.15) is 0 Å². The van der Waals surface area contributed by atoms with Crippen LogP contribution in [0.25, 0.3) is 0 Å².